The molecule has 0 radical (unpaired) electrons. The van der Waals surface area contributed by atoms with Crippen molar-refractivity contribution in [3.8, 4) is 16.9 Å². The molecule has 0 fully saturated rings. The molecule has 0 saturated heterocycles. The molecule has 9 heteroatoms. The largest absolute Gasteiger partial charge is 0.489 e. The molecule has 0 aliphatic carbocycles. The first-order valence-electron chi connectivity index (χ1n) is 13.2. The van der Waals surface area contributed by atoms with Crippen molar-refractivity contribution in [2.24, 2.45) is 5.92 Å². The number of furan rings is 1. The number of pyridine rings is 1. The minimum atomic E-state index is -1.38. The Kier molecular flexibility index (Phi) is 9.05. The normalized spacial score (nSPS) is 12.7. The highest BCUT2D eigenvalue weighted by Crippen LogP contribution is 2.35. The molecular weight excluding hydrogens is 531 g/mol. The van der Waals surface area contributed by atoms with Gasteiger partial charge in [0.1, 0.15) is 23.7 Å². The molecule has 0 aliphatic rings. The minimum Gasteiger partial charge on any atom is -0.489 e. The van der Waals surface area contributed by atoms with E-state index in [0.717, 1.165) is 23.1 Å². The topological polar surface area (TPSA) is 102 Å². The number of carboxylic acid groups (broad SMARTS) is 1. The lowest BCUT2D eigenvalue weighted by molar-refractivity contribution is -0.136. The molecule has 40 heavy (non-hydrogen) atoms. The van der Waals surface area contributed by atoms with Gasteiger partial charge in [-0.05, 0) is 62.6 Å². The monoisotopic (exact) mass is 566 g/mol. The van der Waals surface area contributed by atoms with Crippen molar-refractivity contribution < 1.29 is 27.7 Å². The molecule has 2 aromatic carbocycles. The number of halogens is 1. The summed E-state index contributed by atoms with van der Waals surface area (Å²) in [5, 5.41) is 10.1. The number of rotatable bonds is 11. The van der Waals surface area contributed by atoms with Gasteiger partial charge in [-0.2, -0.15) is 0 Å². The SMILES string of the molecule is CC(C)Cc1cc2cc(COc3ccccc3CC(=O)O)cc(-c3ccnc(CNS(=O)C(C)(C)C)c3F)c2o1. The number of hydrogen-bond donors (Lipinski definition) is 2. The number of benzene rings is 2. The summed E-state index contributed by atoms with van der Waals surface area (Å²) < 4.78 is 43.0. The molecular formula is C31H35FN2O5S. The third-order valence-electron chi connectivity index (χ3n) is 6.22. The van der Waals surface area contributed by atoms with E-state index in [1.54, 1.807) is 30.3 Å². The zero-order chi connectivity index (χ0) is 29.0. The van der Waals surface area contributed by atoms with E-state index >= 15 is 4.39 Å². The Labute approximate surface area is 236 Å². The van der Waals surface area contributed by atoms with Gasteiger partial charge in [0.2, 0.25) is 0 Å². The van der Waals surface area contributed by atoms with E-state index in [4.69, 9.17) is 9.15 Å². The average Bonchev–Trinajstić information content (AvgIpc) is 3.27. The molecule has 0 spiro atoms. The van der Waals surface area contributed by atoms with E-state index in [9.17, 15) is 14.1 Å². The van der Waals surface area contributed by atoms with E-state index in [2.05, 4.69) is 23.6 Å². The number of para-hydroxylation sites is 1. The van der Waals surface area contributed by atoms with Crippen LogP contribution in [0.2, 0.25) is 0 Å². The number of nitrogens with zero attached hydrogens (tertiary/aromatic N) is 1. The van der Waals surface area contributed by atoms with E-state index in [1.807, 2.05) is 39.0 Å². The first-order valence-corrected chi connectivity index (χ1v) is 14.3. The van der Waals surface area contributed by atoms with Crippen LogP contribution in [0, 0.1) is 11.7 Å². The Balaban J connectivity index is 1.72. The number of carbonyl (C=O) groups is 1. The number of aromatic nitrogens is 1. The van der Waals surface area contributed by atoms with Crippen LogP contribution in [0.3, 0.4) is 0 Å². The summed E-state index contributed by atoms with van der Waals surface area (Å²) in [6.45, 7) is 9.88. The average molecular weight is 567 g/mol. The first kappa shape index (κ1) is 29.4. The summed E-state index contributed by atoms with van der Waals surface area (Å²) in [7, 11) is -1.38. The summed E-state index contributed by atoms with van der Waals surface area (Å²) in [5.74, 6) is 0.189. The van der Waals surface area contributed by atoms with Crippen LogP contribution in [0.15, 0.2) is 59.1 Å². The smallest absolute Gasteiger partial charge is 0.307 e. The molecule has 2 N–H and O–H groups in total. The lowest BCUT2D eigenvalue weighted by atomic mass is 10.00. The van der Waals surface area contributed by atoms with E-state index in [1.165, 1.54) is 6.20 Å². The van der Waals surface area contributed by atoms with Gasteiger partial charge in [0.25, 0.3) is 0 Å². The Morgan fingerprint density at radius 2 is 1.90 bits per heavy atom. The van der Waals surface area contributed by atoms with Gasteiger partial charge < -0.3 is 14.3 Å². The minimum absolute atomic E-state index is 0.00656. The van der Waals surface area contributed by atoms with Crippen LogP contribution in [-0.4, -0.2) is 25.0 Å². The van der Waals surface area contributed by atoms with Gasteiger partial charge in [0.05, 0.1) is 34.4 Å². The highest BCUT2D eigenvalue weighted by atomic mass is 32.2. The maximum Gasteiger partial charge on any atom is 0.307 e. The van der Waals surface area contributed by atoms with Crippen LogP contribution in [0.1, 0.15) is 57.2 Å². The maximum atomic E-state index is 15.9. The van der Waals surface area contributed by atoms with Crippen molar-refractivity contribution in [2.45, 2.75) is 65.4 Å². The van der Waals surface area contributed by atoms with Crippen LogP contribution < -0.4 is 9.46 Å². The molecule has 1 unspecified atom stereocenters. The van der Waals surface area contributed by atoms with E-state index in [-0.39, 0.29) is 25.3 Å². The van der Waals surface area contributed by atoms with Crippen LogP contribution in [0.5, 0.6) is 5.75 Å². The fraction of sp³-hybridized carbons (Fsp3) is 0.355. The van der Waals surface area contributed by atoms with Crippen molar-refractivity contribution in [1.82, 2.24) is 9.71 Å². The number of hydrogen-bond acceptors (Lipinski definition) is 5. The molecule has 7 nitrogen and oxygen atoms in total. The van der Waals surface area contributed by atoms with Crippen molar-refractivity contribution in [3.05, 3.63) is 83.1 Å². The molecule has 2 aromatic heterocycles. The van der Waals surface area contributed by atoms with Crippen molar-refractivity contribution >= 4 is 27.9 Å². The van der Waals surface area contributed by atoms with E-state index in [0.29, 0.717) is 33.9 Å². The summed E-state index contributed by atoms with van der Waals surface area (Å²) in [4.78, 5) is 15.5. The zero-order valence-corrected chi connectivity index (χ0v) is 24.2. The molecule has 0 saturated carbocycles. The molecule has 1 atom stereocenters. The molecule has 2 heterocycles. The van der Waals surface area contributed by atoms with Gasteiger partial charge in [-0.25, -0.2) is 13.3 Å². The van der Waals surface area contributed by atoms with Crippen LogP contribution in [-0.2, 0) is 41.8 Å². The van der Waals surface area contributed by atoms with Crippen LogP contribution in [0.4, 0.5) is 4.39 Å². The number of aliphatic carboxylic acids is 1. The van der Waals surface area contributed by atoms with Gasteiger partial charge >= 0.3 is 5.97 Å². The molecule has 4 aromatic rings. The number of nitrogens with one attached hydrogen (secondary N) is 1. The molecule has 212 valence electrons. The summed E-state index contributed by atoms with van der Waals surface area (Å²) in [5.41, 5.74) is 2.94. The molecule has 0 aliphatic heterocycles. The zero-order valence-electron chi connectivity index (χ0n) is 23.4. The Hall–Kier alpha value is -3.56. The van der Waals surface area contributed by atoms with Gasteiger partial charge in [-0.1, -0.05) is 32.0 Å². The third kappa shape index (κ3) is 7.14. The number of fused-ring (bicyclic) bond motifs is 1. The van der Waals surface area contributed by atoms with E-state index < -0.39 is 27.5 Å². The Morgan fingerprint density at radius 3 is 2.60 bits per heavy atom. The molecule has 4 rings (SSSR count). The highest BCUT2D eigenvalue weighted by molar-refractivity contribution is 7.84. The quantitative estimate of drug-likeness (QED) is 0.212. The Morgan fingerprint density at radius 1 is 1.15 bits per heavy atom. The van der Waals surface area contributed by atoms with Crippen molar-refractivity contribution in [3.63, 3.8) is 0 Å². The second-order valence-electron chi connectivity index (χ2n) is 11.2. The maximum absolute atomic E-state index is 15.9. The summed E-state index contributed by atoms with van der Waals surface area (Å²) >= 11 is 0. The summed E-state index contributed by atoms with van der Waals surface area (Å²) in [6, 6.07) is 14.4. The van der Waals surface area contributed by atoms with Crippen LogP contribution in [0.25, 0.3) is 22.1 Å². The van der Waals surface area contributed by atoms with Gasteiger partial charge in [-0.15, -0.1) is 0 Å². The number of carboxylic acids is 1. The Bertz CT molecular complexity index is 1540. The van der Waals surface area contributed by atoms with Crippen molar-refractivity contribution in [1.29, 1.82) is 0 Å². The second kappa shape index (κ2) is 12.3. The van der Waals surface area contributed by atoms with Gasteiger partial charge in [0, 0.05) is 34.7 Å². The number of ether oxygens (including phenoxy) is 1. The van der Waals surface area contributed by atoms with Crippen LogP contribution >= 0.6 is 0 Å². The molecule has 0 bridgehead atoms. The summed E-state index contributed by atoms with van der Waals surface area (Å²) in [6.07, 6.45) is 2.11. The third-order valence-corrected chi connectivity index (χ3v) is 7.74. The first-order chi connectivity index (χ1) is 18.9. The predicted molar refractivity (Wildman–Crippen MR) is 155 cm³/mol. The predicted octanol–water partition coefficient (Wildman–Crippen LogP) is 6.59. The lowest BCUT2D eigenvalue weighted by Crippen LogP contribution is -2.33. The highest BCUT2D eigenvalue weighted by Gasteiger charge is 2.22. The second-order valence-corrected chi connectivity index (χ2v) is 13.2. The fourth-order valence-electron chi connectivity index (χ4n) is 4.34. The lowest BCUT2D eigenvalue weighted by Gasteiger charge is -2.18. The van der Waals surface area contributed by atoms with Gasteiger partial charge in [-0.3, -0.25) is 9.78 Å². The van der Waals surface area contributed by atoms with Gasteiger partial charge in [0.15, 0.2) is 5.82 Å². The standard InChI is InChI=1S/C31H35FN2O5S/c1-19(2)12-23-15-22-13-20(18-38-27-9-7-6-8-21(27)16-28(35)36)14-25(30(22)39-23)24-10-11-33-26(29(24)32)17-34-40(37)31(3,4)5/h6-11,13-15,19,34H,12,16-18H2,1-5H3,(H,35,36). The molecule has 0 amide bonds. The fourth-order valence-corrected chi connectivity index (χ4v) is 5.04. The van der Waals surface area contributed by atoms with Crippen molar-refractivity contribution in [2.75, 3.05) is 0 Å².